The molecule has 1 heterocycles. The summed E-state index contributed by atoms with van der Waals surface area (Å²) in [4.78, 5) is 15.0. The Hall–Kier alpha value is -2.75. The molecule has 2 aromatic carbocycles. The quantitative estimate of drug-likeness (QED) is 0.513. The van der Waals surface area contributed by atoms with Gasteiger partial charge >= 0.3 is 0 Å². The number of fused-ring (bicyclic) bond motifs is 1. The number of non-ortho nitro benzene ring substituents is 1. The highest BCUT2D eigenvalue weighted by atomic mass is 16.6. The van der Waals surface area contributed by atoms with Crippen LogP contribution in [0.5, 0.6) is 0 Å². The fourth-order valence-corrected chi connectivity index (χ4v) is 2.17. The maximum Gasteiger partial charge on any atom is 0.278 e. The van der Waals surface area contributed by atoms with Gasteiger partial charge in [-0.25, -0.2) is 0 Å². The van der Waals surface area contributed by atoms with E-state index in [1.807, 2.05) is 30.3 Å². The van der Waals surface area contributed by atoms with Crippen molar-refractivity contribution in [3.05, 3.63) is 70.9 Å². The van der Waals surface area contributed by atoms with Gasteiger partial charge in [-0.1, -0.05) is 30.3 Å². The van der Waals surface area contributed by atoms with E-state index in [0.29, 0.717) is 10.9 Å². The molecule has 0 amide bonds. The van der Waals surface area contributed by atoms with Crippen LogP contribution in [0.2, 0.25) is 0 Å². The largest absolute Gasteiger partial charge is 0.278 e. The van der Waals surface area contributed by atoms with Gasteiger partial charge in [-0.15, -0.1) is 0 Å². The van der Waals surface area contributed by atoms with E-state index in [9.17, 15) is 10.1 Å². The number of nitro groups is 1. The highest BCUT2D eigenvalue weighted by molar-refractivity contribution is 5.98. The number of rotatable bonds is 2. The third-order valence-corrected chi connectivity index (χ3v) is 3.03. The van der Waals surface area contributed by atoms with Crippen molar-refractivity contribution >= 4 is 16.6 Å². The molecule has 4 nitrogen and oxygen atoms in total. The first-order valence-electron chi connectivity index (χ1n) is 5.85. The van der Waals surface area contributed by atoms with E-state index in [2.05, 4.69) is 4.98 Å². The second-order valence-electron chi connectivity index (χ2n) is 4.15. The second kappa shape index (κ2) is 4.49. The Labute approximate surface area is 109 Å². The van der Waals surface area contributed by atoms with Crippen molar-refractivity contribution in [1.29, 1.82) is 0 Å². The number of nitrogens with zero attached hydrogens (tertiary/aromatic N) is 2. The Balaban J connectivity index is 2.35. The van der Waals surface area contributed by atoms with Crippen molar-refractivity contribution in [2.45, 2.75) is 0 Å². The maximum atomic E-state index is 11.0. The predicted octanol–water partition coefficient (Wildman–Crippen LogP) is 3.81. The van der Waals surface area contributed by atoms with E-state index in [1.165, 1.54) is 6.07 Å². The zero-order chi connectivity index (χ0) is 13.2. The predicted molar refractivity (Wildman–Crippen MR) is 73.8 cm³/mol. The molecule has 0 radical (unpaired) electrons. The average molecular weight is 250 g/mol. The first-order valence-corrected chi connectivity index (χ1v) is 5.85. The van der Waals surface area contributed by atoms with Crippen molar-refractivity contribution in [2.75, 3.05) is 0 Å². The standard InChI is InChI=1S/C15H10N2O2/c18-17(19)14-9-8-12(11-5-2-1-3-6-11)15-13(14)7-4-10-16-15/h1-10H. The zero-order valence-electron chi connectivity index (χ0n) is 9.98. The van der Waals surface area contributed by atoms with Crippen LogP contribution in [0.1, 0.15) is 0 Å². The third kappa shape index (κ3) is 1.93. The van der Waals surface area contributed by atoms with Crippen LogP contribution in [0.25, 0.3) is 22.0 Å². The van der Waals surface area contributed by atoms with Crippen LogP contribution in [0, 0.1) is 10.1 Å². The number of pyridine rings is 1. The summed E-state index contributed by atoms with van der Waals surface area (Å²) in [6.07, 6.45) is 1.65. The zero-order valence-corrected chi connectivity index (χ0v) is 9.98. The highest BCUT2D eigenvalue weighted by Crippen LogP contribution is 2.32. The van der Waals surface area contributed by atoms with Crippen LogP contribution in [-0.2, 0) is 0 Å². The van der Waals surface area contributed by atoms with Crippen molar-refractivity contribution in [2.24, 2.45) is 0 Å². The van der Waals surface area contributed by atoms with Crippen LogP contribution in [0.4, 0.5) is 5.69 Å². The molecule has 1 aromatic heterocycles. The first-order chi connectivity index (χ1) is 9.27. The van der Waals surface area contributed by atoms with Gasteiger partial charge in [0.2, 0.25) is 0 Å². The Morgan fingerprint density at radius 3 is 2.47 bits per heavy atom. The molecule has 3 rings (SSSR count). The molecule has 0 N–H and O–H groups in total. The van der Waals surface area contributed by atoms with Gasteiger partial charge in [0.05, 0.1) is 15.8 Å². The van der Waals surface area contributed by atoms with Gasteiger partial charge in [-0.05, 0) is 23.8 Å². The Morgan fingerprint density at radius 2 is 1.74 bits per heavy atom. The Bertz CT molecular complexity index is 754. The number of nitro benzene ring substituents is 1. The second-order valence-corrected chi connectivity index (χ2v) is 4.15. The van der Waals surface area contributed by atoms with Crippen LogP contribution < -0.4 is 0 Å². The maximum absolute atomic E-state index is 11.0. The summed E-state index contributed by atoms with van der Waals surface area (Å²) in [6.45, 7) is 0. The Morgan fingerprint density at radius 1 is 0.947 bits per heavy atom. The smallest absolute Gasteiger partial charge is 0.258 e. The molecule has 0 atom stereocenters. The van der Waals surface area contributed by atoms with Crippen molar-refractivity contribution in [3.8, 4) is 11.1 Å². The monoisotopic (exact) mass is 250 g/mol. The molecule has 0 saturated carbocycles. The Kier molecular flexibility index (Phi) is 2.68. The summed E-state index contributed by atoms with van der Waals surface area (Å²) < 4.78 is 0. The molecule has 0 saturated heterocycles. The van der Waals surface area contributed by atoms with E-state index in [-0.39, 0.29) is 10.6 Å². The van der Waals surface area contributed by atoms with Gasteiger partial charge < -0.3 is 0 Å². The lowest BCUT2D eigenvalue weighted by Crippen LogP contribution is -1.92. The number of hydrogen-bond acceptors (Lipinski definition) is 3. The van der Waals surface area contributed by atoms with Crippen LogP contribution >= 0.6 is 0 Å². The van der Waals surface area contributed by atoms with Gasteiger partial charge in [0.1, 0.15) is 0 Å². The fourth-order valence-electron chi connectivity index (χ4n) is 2.17. The number of aromatic nitrogens is 1. The highest BCUT2D eigenvalue weighted by Gasteiger charge is 2.15. The van der Waals surface area contributed by atoms with Gasteiger partial charge in [0.15, 0.2) is 0 Å². The molecule has 0 spiro atoms. The summed E-state index contributed by atoms with van der Waals surface area (Å²) in [6, 6.07) is 16.5. The van der Waals surface area contributed by atoms with Crippen molar-refractivity contribution in [3.63, 3.8) is 0 Å². The van der Waals surface area contributed by atoms with E-state index in [0.717, 1.165) is 11.1 Å². The molecule has 3 aromatic rings. The molecule has 0 fully saturated rings. The van der Waals surface area contributed by atoms with Crippen LogP contribution in [0.3, 0.4) is 0 Å². The minimum Gasteiger partial charge on any atom is -0.258 e. The van der Waals surface area contributed by atoms with E-state index < -0.39 is 0 Å². The average Bonchev–Trinajstić information content (AvgIpc) is 2.47. The lowest BCUT2D eigenvalue weighted by atomic mass is 10.0. The minimum absolute atomic E-state index is 0.0859. The third-order valence-electron chi connectivity index (χ3n) is 3.03. The molecular weight excluding hydrogens is 240 g/mol. The van der Waals surface area contributed by atoms with Crippen molar-refractivity contribution < 1.29 is 4.92 Å². The lowest BCUT2D eigenvalue weighted by Gasteiger charge is -2.06. The molecule has 92 valence electrons. The topological polar surface area (TPSA) is 56.0 Å². The molecule has 0 bridgehead atoms. The summed E-state index contributed by atoms with van der Waals surface area (Å²) in [5.74, 6) is 0. The normalized spacial score (nSPS) is 10.5. The molecule has 0 aliphatic carbocycles. The van der Waals surface area contributed by atoms with Crippen LogP contribution in [0.15, 0.2) is 60.8 Å². The van der Waals surface area contributed by atoms with Gasteiger partial charge in [0.25, 0.3) is 5.69 Å². The summed E-state index contributed by atoms with van der Waals surface area (Å²) in [5.41, 5.74) is 2.65. The SMILES string of the molecule is O=[N+]([O-])c1ccc(-c2ccccc2)c2ncccc12. The van der Waals surface area contributed by atoms with Gasteiger partial charge in [-0.2, -0.15) is 0 Å². The summed E-state index contributed by atoms with van der Waals surface area (Å²) in [5, 5.41) is 11.6. The summed E-state index contributed by atoms with van der Waals surface area (Å²) >= 11 is 0. The lowest BCUT2D eigenvalue weighted by molar-refractivity contribution is -0.383. The first kappa shape index (κ1) is 11.3. The van der Waals surface area contributed by atoms with Gasteiger partial charge in [0, 0.05) is 17.8 Å². The summed E-state index contributed by atoms with van der Waals surface area (Å²) in [7, 11) is 0. The molecule has 0 aliphatic rings. The molecule has 0 unspecified atom stereocenters. The minimum atomic E-state index is -0.376. The van der Waals surface area contributed by atoms with Crippen LogP contribution in [-0.4, -0.2) is 9.91 Å². The van der Waals surface area contributed by atoms with E-state index >= 15 is 0 Å². The molecule has 19 heavy (non-hydrogen) atoms. The number of benzene rings is 2. The van der Waals surface area contributed by atoms with E-state index in [4.69, 9.17) is 0 Å². The van der Waals surface area contributed by atoms with Gasteiger partial charge in [-0.3, -0.25) is 15.1 Å². The van der Waals surface area contributed by atoms with E-state index in [1.54, 1.807) is 24.4 Å². The fraction of sp³-hybridized carbons (Fsp3) is 0. The van der Waals surface area contributed by atoms with Crippen molar-refractivity contribution in [1.82, 2.24) is 4.98 Å². The number of hydrogen-bond donors (Lipinski definition) is 0. The molecule has 0 aliphatic heterocycles. The molecule has 4 heteroatoms. The molecular formula is C15H10N2O2.